The summed E-state index contributed by atoms with van der Waals surface area (Å²) in [4.78, 5) is 27.7. The topological polar surface area (TPSA) is 86.8 Å². The van der Waals surface area contributed by atoms with Crippen molar-refractivity contribution in [3.63, 3.8) is 0 Å². The minimum absolute atomic E-state index is 0.0387. The van der Waals surface area contributed by atoms with Crippen molar-refractivity contribution in [1.82, 2.24) is 10.2 Å². The van der Waals surface area contributed by atoms with Gasteiger partial charge in [-0.3, -0.25) is 13.9 Å². The highest BCUT2D eigenvalue weighted by molar-refractivity contribution is 7.92. The van der Waals surface area contributed by atoms with E-state index in [1.807, 2.05) is 51.1 Å². The number of rotatable bonds is 11. The maximum Gasteiger partial charge on any atom is 0.244 e. The fraction of sp³-hybridized carbons (Fsp3) is 0.440. The molecule has 7 nitrogen and oxygen atoms in total. The van der Waals surface area contributed by atoms with E-state index in [1.165, 1.54) is 11.0 Å². The Morgan fingerprint density at radius 1 is 1.09 bits per heavy atom. The quantitative estimate of drug-likeness (QED) is 0.501. The molecule has 0 aliphatic heterocycles. The number of hydrogen-bond donors (Lipinski definition) is 1. The Kier molecular flexibility index (Phi) is 9.94. The molecule has 2 rings (SSSR count). The number of nitrogens with one attached hydrogen (secondary N) is 1. The van der Waals surface area contributed by atoms with Crippen LogP contribution in [0.4, 0.5) is 5.69 Å². The first kappa shape index (κ1) is 27.7. The Labute approximate surface area is 208 Å². The number of amides is 2. The molecule has 2 unspecified atom stereocenters. The van der Waals surface area contributed by atoms with E-state index in [4.69, 9.17) is 11.6 Å². The molecule has 2 amide bonds. The normalized spacial score (nSPS) is 13.1. The molecule has 186 valence electrons. The maximum absolute atomic E-state index is 13.5. The average molecular weight is 508 g/mol. The van der Waals surface area contributed by atoms with Crippen molar-refractivity contribution in [2.75, 3.05) is 23.7 Å². The van der Waals surface area contributed by atoms with E-state index in [0.717, 1.165) is 28.1 Å². The highest BCUT2D eigenvalue weighted by Gasteiger charge is 2.30. The molecule has 0 aliphatic carbocycles. The van der Waals surface area contributed by atoms with Crippen molar-refractivity contribution in [2.24, 2.45) is 0 Å². The van der Waals surface area contributed by atoms with E-state index >= 15 is 0 Å². The first-order chi connectivity index (χ1) is 15.9. The number of carbonyl (C=O) groups is 2. The van der Waals surface area contributed by atoms with E-state index in [-0.39, 0.29) is 18.5 Å². The largest absolute Gasteiger partial charge is 0.352 e. The number of nitrogens with zero attached hydrogens (tertiary/aromatic N) is 2. The van der Waals surface area contributed by atoms with Crippen LogP contribution in [0.1, 0.15) is 38.3 Å². The van der Waals surface area contributed by atoms with Gasteiger partial charge in [0.1, 0.15) is 12.6 Å². The van der Waals surface area contributed by atoms with Gasteiger partial charge in [0.15, 0.2) is 0 Å². The van der Waals surface area contributed by atoms with Gasteiger partial charge in [-0.25, -0.2) is 8.42 Å². The summed E-state index contributed by atoms with van der Waals surface area (Å²) in [5.41, 5.74) is 2.11. The molecule has 0 radical (unpaired) electrons. The summed E-state index contributed by atoms with van der Waals surface area (Å²) in [5.74, 6) is -0.745. The number of benzene rings is 2. The van der Waals surface area contributed by atoms with Crippen molar-refractivity contribution in [3.05, 3.63) is 64.7 Å². The van der Waals surface area contributed by atoms with Crippen LogP contribution in [-0.2, 0) is 26.0 Å². The Morgan fingerprint density at radius 3 is 2.29 bits per heavy atom. The number of sulfonamides is 1. The number of halogens is 1. The van der Waals surface area contributed by atoms with Gasteiger partial charge in [0.2, 0.25) is 21.8 Å². The summed E-state index contributed by atoms with van der Waals surface area (Å²) < 4.78 is 26.2. The second-order valence-electron chi connectivity index (χ2n) is 8.52. The van der Waals surface area contributed by atoms with Crippen LogP contribution in [0.25, 0.3) is 0 Å². The average Bonchev–Trinajstić information content (AvgIpc) is 2.79. The fourth-order valence-corrected chi connectivity index (χ4v) is 4.40. The Balaban J connectivity index is 2.33. The zero-order valence-corrected chi connectivity index (χ0v) is 22.0. The molecule has 2 atom stereocenters. The van der Waals surface area contributed by atoms with Crippen LogP contribution >= 0.6 is 11.6 Å². The minimum atomic E-state index is -3.79. The monoisotopic (exact) mass is 507 g/mol. The summed E-state index contributed by atoms with van der Waals surface area (Å²) in [5, 5.41) is 3.31. The zero-order valence-electron chi connectivity index (χ0n) is 20.4. The van der Waals surface area contributed by atoms with Crippen LogP contribution < -0.4 is 9.62 Å². The van der Waals surface area contributed by atoms with Crippen LogP contribution in [0.3, 0.4) is 0 Å². The Hall–Kier alpha value is -2.58. The van der Waals surface area contributed by atoms with Gasteiger partial charge in [-0.2, -0.15) is 0 Å². The summed E-state index contributed by atoms with van der Waals surface area (Å²) in [7, 11) is -3.79. The summed E-state index contributed by atoms with van der Waals surface area (Å²) in [6.07, 6.45) is 2.33. The van der Waals surface area contributed by atoms with Crippen molar-refractivity contribution >= 4 is 39.1 Å². The predicted octanol–water partition coefficient (Wildman–Crippen LogP) is 3.79. The van der Waals surface area contributed by atoms with Crippen molar-refractivity contribution in [2.45, 2.75) is 52.6 Å². The van der Waals surface area contributed by atoms with E-state index < -0.39 is 28.5 Å². The van der Waals surface area contributed by atoms with Gasteiger partial charge in [0, 0.05) is 17.6 Å². The van der Waals surface area contributed by atoms with Crippen molar-refractivity contribution in [3.8, 4) is 0 Å². The zero-order chi connectivity index (χ0) is 25.5. The van der Waals surface area contributed by atoms with Crippen LogP contribution in [0, 0.1) is 6.92 Å². The lowest BCUT2D eigenvalue weighted by molar-refractivity contribution is -0.139. The minimum Gasteiger partial charge on any atom is -0.352 e. The first-order valence-corrected chi connectivity index (χ1v) is 13.5. The molecule has 0 saturated carbocycles. The highest BCUT2D eigenvalue weighted by Crippen LogP contribution is 2.25. The van der Waals surface area contributed by atoms with Crippen molar-refractivity contribution < 1.29 is 18.0 Å². The van der Waals surface area contributed by atoms with Gasteiger partial charge in [0.05, 0.1) is 11.9 Å². The molecular weight excluding hydrogens is 474 g/mol. The van der Waals surface area contributed by atoms with Crippen LogP contribution in [0.5, 0.6) is 0 Å². The molecule has 0 saturated heterocycles. The third-order valence-electron chi connectivity index (χ3n) is 5.78. The van der Waals surface area contributed by atoms with Gasteiger partial charge in [-0.15, -0.1) is 0 Å². The second-order valence-corrected chi connectivity index (χ2v) is 10.8. The van der Waals surface area contributed by atoms with E-state index in [9.17, 15) is 18.0 Å². The molecule has 2 aromatic carbocycles. The number of aryl methyl sites for hydroxylation is 1. The van der Waals surface area contributed by atoms with E-state index in [0.29, 0.717) is 17.1 Å². The molecule has 2 aromatic rings. The molecule has 0 heterocycles. The van der Waals surface area contributed by atoms with Gasteiger partial charge in [0.25, 0.3) is 0 Å². The van der Waals surface area contributed by atoms with Crippen LogP contribution in [0.15, 0.2) is 48.5 Å². The highest BCUT2D eigenvalue weighted by atomic mass is 35.5. The van der Waals surface area contributed by atoms with Gasteiger partial charge >= 0.3 is 0 Å². The molecule has 9 heteroatoms. The smallest absolute Gasteiger partial charge is 0.244 e. The van der Waals surface area contributed by atoms with E-state index in [1.54, 1.807) is 19.1 Å². The van der Waals surface area contributed by atoms with Gasteiger partial charge in [-0.05, 0) is 56.9 Å². The maximum atomic E-state index is 13.5. The predicted molar refractivity (Wildman–Crippen MR) is 138 cm³/mol. The van der Waals surface area contributed by atoms with Crippen LogP contribution in [-0.4, -0.2) is 56.6 Å². The number of anilines is 1. The van der Waals surface area contributed by atoms with Crippen molar-refractivity contribution in [1.29, 1.82) is 0 Å². The molecule has 0 bridgehead atoms. The third-order valence-corrected chi connectivity index (χ3v) is 7.32. The summed E-state index contributed by atoms with van der Waals surface area (Å²) in [6.45, 7) is 7.16. The standard InChI is InChI=1S/C25H34ClN3O4S/c1-6-19(3)27-25(31)20(4)28(15-14-21-10-8-7-9-11-21)24(30)17-29(34(5,32)33)22-13-12-18(2)23(26)16-22/h7-13,16,19-20H,6,14-15,17H2,1-5H3,(H,27,31). The van der Waals surface area contributed by atoms with Gasteiger partial charge < -0.3 is 10.2 Å². The van der Waals surface area contributed by atoms with E-state index in [2.05, 4.69) is 5.32 Å². The molecule has 0 spiro atoms. The summed E-state index contributed by atoms with van der Waals surface area (Å²) >= 11 is 6.21. The molecular formula is C25H34ClN3O4S. The number of hydrogen-bond acceptors (Lipinski definition) is 4. The molecule has 0 aliphatic rings. The lowest BCUT2D eigenvalue weighted by Crippen LogP contribution is -2.53. The SMILES string of the molecule is CCC(C)NC(=O)C(C)N(CCc1ccccc1)C(=O)CN(c1ccc(C)c(Cl)c1)S(C)(=O)=O. The first-order valence-electron chi connectivity index (χ1n) is 11.3. The Morgan fingerprint density at radius 2 is 1.74 bits per heavy atom. The third kappa shape index (κ3) is 7.74. The Bertz CT molecular complexity index is 1090. The molecule has 0 fully saturated rings. The fourth-order valence-electron chi connectivity index (χ4n) is 3.39. The number of carbonyl (C=O) groups excluding carboxylic acids is 2. The molecule has 0 aromatic heterocycles. The second kappa shape index (κ2) is 12.2. The lowest BCUT2D eigenvalue weighted by atomic mass is 10.1. The summed E-state index contributed by atoms with van der Waals surface area (Å²) in [6, 6.07) is 13.7. The lowest BCUT2D eigenvalue weighted by Gasteiger charge is -2.32. The molecule has 1 N–H and O–H groups in total. The molecule has 34 heavy (non-hydrogen) atoms. The van der Waals surface area contributed by atoms with Gasteiger partial charge in [-0.1, -0.05) is 54.9 Å². The van der Waals surface area contributed by atoms with Crippen LogP contribution in [0.2, 0.25) is 5.02 Å².